The first kappa shape index (κ1) is 14.3. The summed E-state index contributed by atoms with van der Waals surface area (Å²) in [5.74, 6) is -0.955. The van der Waals surface area contributed by atoms with E-state index in [2.05, 4.69) is 5.32 Å². The molecule has 0 aliphatic rings. The molecule has 0 atom stereocenters. The van der Waals surface area contributed by atoms with Gasteiger partial charge in [0.25, 0.3) is 5.91 Å². The molecule has 0 spiro atoms. The minimum absolute atomic E-state index is 0.0952. The number of nitrogens with one attached hydrogen (secondary N) is 1. The molecular formula is C13H19NO4. The highest BCUT2D eigenvalue weighted by atomic mass is 16.4. The molecule has 0 aliphatic heterocycles. The lowest BCUT2D eigenvalue weighted by Crippen LogP contribution is -2.28. The highest BCUT2D eigenvalue weighted by Crippen LogP contribution is 2.26. The monoisotopic (exact) mass is 253 g/mol. The predicted octanol–water partition coefficient (Wildman–Crippen LogP) is 2.29. The minimum Gasteiger partial charge on any atom is -0.481 e. The Kier molecular flexibility index (Phi) is 4.95. The summed E-state index contributed by atoms with van der Waals surface area (Å²) >= 11 is 0. The largest absolute Gasteiger partial charge is 0.481 e. The fourth-order valence-electron chi connectivity index (χ4n) is 1.58. The summed E-state index contributed by atoms with van der Waals surface area (Å²) in [5.41, 5.74) is 0.403. The Hall–Kier alpha value is -1.78. The number of carbonyl (C=O) groups excluding carboxylic acids is 1. The zero-order valence-electron chi connectivity index (χ0n) is 10.7. The van der Waals surface area contributed by atoms with Crippen molar-refractivity contribution in [2.75, 3.05) is 6.54 Å². The highest BCUT2D eigenvalue weighted by molar-refractivity contribution is 5.93. The Balaban J connectivity index is 2.28. The third-order valence-corrected chi connectivity index (χ3v) is 2.89. The van der Waals surface area contributed by atoms with E-state index in [4.69, 9.17) is 9.52 Å². The molecule has 5 nitrogen and oxygen atoms in total. The summed E-state index contributed by atoms with van der Waals surface area (Å²) in [6, 6.07) is 1.60. The molecule has 0 aliphatic carbocycles. The average molecular weight is 253 g/mol. The van der Waals surface area contributed by atoms with Crippen molar-refractivity contribution < 1.29 is 19.1 Å². The van der Waals surface area contributed by atoms with Gasteiger partial charge in [-0.25, -0.2) is 0 Å². The van der Waals surface area contributed by atoms with Gasteiger partial charge in [-0.1, -0.05) is 13.8 Å². The predicted molar refractivity (Wildman–Crippen MR) is 66.3 cm³/mol. The van der Waals surface area contributed by atoms with Gasteiger partial charge in [0, 0.05) is 13.0 Å². The maximum atomic E-state index is 11.6. The van der Waals surface area contributed by atoms with E-state index in [9.17, 15) is 9.59 Å². The van der Waals surface area contributed by atoms with Crippen LogP contribution in [0.15, 0.2) is 23.0 Å². The van der Waals surface area contributed by atoms with Crippen LogP contribution in [0, 0.1) is 5.41 Å². The van der Waals surface area contributed by atoms with Crippen molar-refractivity contribution in [3.8, 4) is 0 Å². The number of carbonyl (C=O) groups is 2. The number of amides is 1. The van der Waals surface area contributed by atoms with Crippen LogP contribution in [0.5, 0.6) is 0 Å². The maximum Gasteiger partial charge on any atom is 0.303 e. The van der Waals surface area contributed by atoms with Gasteiger partial charge >= 0.3 is 5.97 Å². The van der Waals surface area contributed by atoms with Crippen molar-refractivity contribution in [3.63, 3.8) is 0 Å². The van der Waals surface area contributed by atoms with Crippen molar-refractivity contribution in [3.05, 3.63) is 24.2 Å². The molecular weight excluding hydrogens is 234 g/mol. The SMILES string of the molecule is CC(C)(CCNC(=O)c1ccoc1)CCC(=O)O. The Morgan fingerprint density at radius 2 is 2.11 bits per heavy atom. The molecule has 2 N–H and O–H groups in total. The molecule has 1 amide bonds. The summed E-state index contributed by atoms with van der Waals surface area (Å²) in [4.78, 5) is 22.1. The molecule has 0 fully saturated rings. The van der Waals surface area contributed by atoms with E-state index in [1.807, 2.05) is 13.8 Å². The molecule has 0 saturated carbocycles. The summed E-state index contributed by atoms with van der Waals surface area (Å²) in [5, 5.41) is 11.4. The van der Waals surface area contributed by atoms with Gasteiger partial charge in [0.15, 0.2) is 0 Å². The van der Waals surface area contributed by atoms with Crippen LogP contribution in [0.1, 0.15) is 43.5 Å². The zero-order chi connectivity index (χ0) is 13.6. The third kappa shape index (κ3) is 5.03. The first-order chi connectivity index (χ1) is 8.41. The molecule has 1 aromatic heterocycles. The molecule has 5 heteroatoms. The van der Waals surface area contributed by atoms with Crippen LogP contribution in [-0.2, 0) is 4.79 Å². The summed E-state index contributed by atoms with van der Waals surface area (Å²) in [6.45, 7) is 4.52. The van der Waals surface area contributed by atoms with Crippen LogP contribution >= 0.6 is 0 Å². The first-order valence-corrected chi connectivity index (χ1v) is 5.93. The molecule has 18 heavy (non-hydrogen) atoms. The summed E-state index contributed by atoms with van der Waals surface area (Å²) < 4.78 is 4.82. The van der Waals surface area contributed by atoms with Crippen LogP contribution < -0.4 is 5.32 Å². The smallest absolute Gasteiger partial charge is 0.303 e. The van der Waals surface area contributed by atoms with Gasteiger partial charge in [0.2, 0.25) is 0 Å². The number of furan rings is 1. The van der Waals surface area contributed by atoms with Gasteiger partial charge in [-0.05, 0) is 24.3 Å². The topological polar surface area (TPSA) is 79.5 Å². The number of carboxylic acid groups (broad SMARTS) is 1. The first-order valence-electron chi connectivity index (χ1n) is 5.93. The molecule has 1 heterocycles. The summed E-state index contributed by atoms with van der Waals surface area (Å²) in [6.07, 6.45) is 4.34. The van der Waals surface area contributed by atoms with E-state index < -0.39 is 5.97 Å². The zero-order valence-corrected chi connectivity index (χ0v) is 10.7. The van der Waals surface area contributed by atoms with Gasteiger partial charge in [0.1, 0.15) is 6.26 Å². The van der Waals surface area contributed by atoms with E-state index in [0.717, 1.165) is 6.42 Å². The third-order valence-electron chi connectivity index (χ3n) is 2.89. The molecule has 0 unspecified atom stereocenters. The van der Waals surface area contributed by atoms with Crippen LogP contribution in [0.3, 0.4) is 0 Å². The number of hydrogen-bond donors (Lipinski definition) is 2. The van der Waals surface area contributed by atoms with Crippen molar-refractivity contribution in [2.24, 2.45) is 5.41 Å². The van der Waals surface area contributed by atoms with Crippen molar-refractivity contribution in [2.45, 2.75) is 33.1 Å². The maximum absolute atomic E-state index is 11.6. The normalized spacial score (nSPS) is 11.2. The van der Waals surface area contributed by atoms with Gasteiger partial charge in [0.05, 0.1) is 11.8 Å². The second kappa shape index (κ2) is 6.23. The van der Waals surface area contributed by atoms with Gasteiger partial charge in [-0.15, -0.1) is 0 Å². The fourth-order valence-corrected chi connectivity index (χ4v) is 1.58. The lowest BCUT2D eigenvalue weighted by Gasteiger charge is -2.23. The molecule has 0 radical (unpaired) electrons. The van der Waals surface area contributed by atoms with Crippen molar-refractivity contribution >= 4 is 11.9 Å². The number of hydrogen-bond acceptors (Lipinski definition) is 3. The lowest BCUT2D eigenvalue weighted by molar-refractivity contribution is -0.137. The van der Waals surface area contributed by atoms with E-state index >= 15 is 0 Å². The Labute approximate surface area is 106 Å². The molecule has 1 aromatic rings. The number of rotatable bonds is 7. The van der Waals surface area contributed by atoms with Crippen LogP contribution in [-0.4, -0.2) is 23.5 Å². The van der Waals surface area contributed by atoms with Crippen LogP contribution in [0.2, 0.25) is 0 Å². The lowest BCUT2D eigenvalue weighted by atomic mass is 9.84. The van der Waals surface area contributed by atoms with E-state index in [0.29, 0.717) is 18.5 Å². The van der Waals surface area contributed by atoms with Gasteiger partial charge in [-0.2, -0.15) is 0 Å². The van der Waals surface area contributed by atoms with E-state index in [-0.39, 0.29) is 17.7 Å². The standard InChI is InChI=1S/C13H19NO4/c1-13(2,5-3-11(15)16)6-7-14-12(17)10-4-8-18-9-10/h4,8-9H,3,5-7H2,1-2H3,(H,14,17)(H,15,16). The summed E-state index contributed by atoms with van der Waals surface area (Å²) in [7, 11) is 0. The fraction of sp³-hybridized carbons (Fsp3) is 0.538. The average Bonchev–Trinajstić information content (AvgIpc) is 2.79. The second-order valence-electron chi connectivity index (χ2n) is 5.08. The number of carboxylic acids is 1. The molecule has 0 aromatic carbocycles. The minimum atomic E-state index is -0.787. The molecule has 100 valence electrons. The molecule has 0 saturated heterocycles. The second-order valence-corrected chi connectivity index (χ2v) is 5.08. The molecule has 0 bridgehead atoms. The Morgan fingerprint density at radius 1 is 1.39 bits per heavy atom. The van der Waals surface area contributed by atoms with Crippen molar-refractivity contribution in [1.29, 1.82) is 0 Å². The van der Waals surface area contributed by atoms with Gasteiger partial charge < -0.3 is 14.8 Å². The Bertz CT molecular complexity index is 395. The van der Waals surface area contributed by atoms with Crippen LogP contribution in [0.25, 0.3) is 0 Å². The molecule has 1 rings (SSSR count). The van der Waals surface area contributed by atoms with E-state index in [1.54, 1.807) is 6.07 Å². The van der Waals surface area contributed by atoms with Crippen molar-refractivity contribution in [1.82, 2.24) is 5.32 Å². The van der Waals surface area contributed by atoms with Crippen LogP contribution in [0.4, 0.5) is 0 Å². The number of aliphatic carboxylic acids is 1. The van der Waals surface area contributed by atoms with E-state index in [1.165, 1.54) is 12.5 Å². The van der Waals surface area contributed by atoms with Gasteiger partial charge in [-0.3, -0.25) is 9.59 Å². The highest BCUT2D eigenvalue weighted by Gasteiger charge is 2.19. The quantitative estimate of drug-likeness (QED) is 0.781. The Morgan fingerprint density at radius 3 is 2.67 bits per heavy atom.